The van der Waals surface area contributed by atoms with E-state index in [0.29, 0.717) is 5.69 Å². The highest BCUT2D eigenvalue weighted by Crippen LogP contribution is 2.11. The highest BCUT2D eigenvalue weighted by Gasteiger charge is 2.18. The SMILES string of the molecule is CC.O=C(c1cnc[nH]1)N1CCCCC1. The zero-order chi connectivity index (χ0) is 11.1. The van der Waals surface area contributed by atoms with E-state index < -0.39 is 0 Å². The molecule has 0 radical (unpaired) electrons. The maximum absolute atomic E-state index is 11.7. The number of hydrogen-bond acceptors (Lipinski definition) is 2. The molecule has 1 saturated heterocycles. The first-order valence-corrected chi connectivity index (χ1v) is 5.65. The van der Waals surface area contributed by atoms with Gasteiger partial charge in [0.1, 0.15) is 5.69 Å². The van der Waals surface area contributed by atoms with Crippen molar-refractivity contribution >= 4 is 5.91 Å². The number of hydrogen-bond donors (Lipinski definition) is 1. The normalized spacial score (nSPS) is 15.5. The fourth-order valence-corrected chi connectivity index (χ4v) is 1.64. The molecule has 0 unspecified atom stereocenters. The van der Waals surface area contributed by atoms with E-state index in [1.807, 2.05) is 18.7 Å². The predicted octanol–water partition coefficient (Wildman–Crippen LogP) is 2.06. The molecule has 1 aromatic rings. The summed E-state index contributed by atoms with van der Waals surface area (Å²) >= 11 is 0. The Hall–Kier alpha value is -1.32. The minimum absolute atomic E-state index is 0.0807. The second kappa shape index (κ2) is 6.22. The summed E-state index contributed by atoms with van der Waals surface area (Å²) in [4.78, 5) is 20.3. The van der Waals surface area contributed by atoms with Crippen LogP contribution in [0.15, 0.2) is 12.5 Å². The van der Waals surface area contributed by atoms with Gasteiger partial charge in [-0.3, -0.25) is 4.79 Å². The summed E-state index contributed by atoms with van der Waals surface area (Å²) in [5.41, 5.74) is 0.599. The molecular weight excluding hydrogens is 190 g/mol. The van der Waals surface area contributed by atoms with Gasteiger partial charge in [0.25, 0.3) is 5.91 Å². The van der Waals surface area contributed by atoms with Gasteiger partial charge < -0.3 is 9.88 Å². The van der Waals surface area contributed by atoms with Crippen LogP contribution in [0.5, 0.6) is 0 Å². The lowest BCUT2D eigenvalue weighted by molar-refractivity contribution is 0.0719. The molecule has 0 aromatic carbocycles. The average Bonchev–Trinajstić information content (AvgIpc) is 2.85. The molecule has 0 spiro atoms. The third-order valence-electron chi connectivity index (χ3n) is 2.37. The molecule has 1 aromatic heterocycles. The van der Waals surface area contributed by atoms with Crippen LogP contribution in [-0.2, 0) is 0 Å². The van der Waals surface area contributed by atoms with Crippen molar-refractivity contribution in [2.24, 2.45) is 0 Å². The van der Waals surface area contributed by atoms with Crippen molar-refractivity contribution in [3.63, 3.8) is 0 Å². The van der Waals surface area contributed by atoms with Crippen LogP contribution in [0.3, 0.4) is 0 Å². The van der Waals surface area contributed by atoms with Crippen molar-refractivity contribution in [3.8, 4) is 0 Å². The maximum atomic E-state index is 11.7. The molecule has 15 heavy (non-hydrogen) atoms. The first-order valence-electron chi connectivity index (χ1n) is 5.65. The van der Waals surface area contributed by atoms with Gasteiger partial charge >= 0.3 is 0 Å². The van der Waals surface area contributed by atoms with Crippen LogP contribution in [0.2, 0.25) is 0 Å². The quantitative estimate of drug-likeness (QED) is 0.769. The smallest absolute Gasteiger partial charge is 0.271 e. The fourth-order valence-electron chi connectivity index (χ4n) is 1.64. The Bertz CT molecular complexity index is 276. The summed E-state index contributed by atoms with van der Waals surface area (Å²) in [7, 11) is 0. The lowest BCUT2D eigenvalue weighted by Crippen LogP contribution is -2.35. The molecule has 2 heterocycles. The Morgan fingerprint density at radius 2 is 2.00 bits per heavy atom. The maximum Gasteiger partial charge on any atom is 0.271 e. The van der Waals surface area contributed by atoms with Crippen molar-refractivity contribution in [1.82, 2.24) is 14.9 Å². The number of rotatable bonds is 1. The number of carbonyl (C=O) groups excluding carboxylic acids is 1. The topological polar surface area (TPSA) is 49.0 Å². The first kappa shape index (κ1) is 11.8. The zero-order valence-corrected chi connectivity index (χ0v) is 9.49. The first-order chi connectivity index (χ1) is 7.38. The summed E-state index contributed by atoms with van der Waals surface area (Å²) in [6, 6.07) is 0. The van der Waals surface area contributed by atoms with Crippen LogP contribution >= 0.6 is 0 Å². The molecule has 1 aliphatic heterocycles. The van der Waals surface area contributed by atoms with Gasteiger partial charge in [-0.25, -0.2) is 4.98 Å². The molecule has 1 amide bonds. The molecule has 2 rings (SSSR count). The van der Waals surface area contributed by atoms with Gasteiger partial charge in [-0.1, -0.05) is 13.8 Å². The van der Waals surface area contributed by atoms with Gasteiger partial charge in [-0.15, -0.1) is 0 Å². The summed E-state index contributed by atoms with van der Waals surface area (Å²) < 4.78 is 0. The molecule has 0 bridgehead atoms. The number of nitrogens with one attached hydrogen (secondary N) is 1. The van der Waals surface area contributed by atoms with Crippen LogP contribution in [0, 0.1) is 0 Å². The van der Waals surface area contributed by atoms with E-state index in [2.05, 4.69) is 9.97 Å². The van der Waals surface area contributed by atoms with Gasteiger partial charge in [0.05, 0.1) is 12.5 Å². The number of likely N-dealkylation sites (tertiary alicyclic amines) is 1. The summed E-state index contributed by atoms with van der Waals surface area (Å²) in [6.45, 7) is 5.77. The molecular formula is C11H19N3O. The van der Waals surface area contributed by atoms with E-state index in [0.717, 1.165) is 25.9 Å². The van der Waals surface area contributed by atoms with E-state index in [9.17, 15) is 4.79 Å². The number of amides is 1. The summed E-state index contributed by atoms with van der Waals surface area (Å²) in [5.74, 6) is 0.0807. The average molecular weight is 209 g/mol. The summed E-state index contributed by atoms with van der Waals surface area (Å²) in [5, 5.41) is 0. The number of imidazole rings is 1. The molecule has 1 fully saturated rings. The molecule has 4 heteroatoms. The Morgan fingerprint density at radius 1 is 1.33 bits per heavy atom. The van der Waals surface area contributed by atoms with Crippen molar-refractivity contribution in [3.05, 3.63) is 18.2 Å². The number of aromatic amines is 1. The van der Waals surface area contributed by atoms with Gasteiger partial charge in [-0.05, 0) is 19.3 Å². The standard InChI is InChI=1S/C9H13N3O.C2H6/c13-9(8-6-10-7-11-8)12-4-2-1-3-5-12;1-2/h6-7H,1-5H2,(H,10,11);1-2H3. The summed E-state index contributed by atoms with van der Waals surface area (Å²) in [6.07, 6.45) is 6.61. The minimum atomic E-state index is 0.0807. The lowest BCUT2D eigenvalue weighted by atomic mass is 10.1. The van der Waals surface area contributed by atoms with Gasteiger partial charge in [0, 0.05) is 13.1 Å². The van der Waals surface area contributed by atoms with E-state index in [1.54, 1.807) is 6.20 Å². The number of aromatic nitrogens is 2. The second-order valence-electron chi connectivity index (χ2n) is 3.32. The fraction of sp³-hybridized carbons (Fsp3) is 0.636. The highest BCUT2D eigenvalue weighted by molar-refractivity contribution is 5.92. The second-order valence-corrected chi connectivity index (χ2v) is 3.32. The molecule has 0 aliphatic carbocycles. The molecule has 4 nitrogen and oxygen atoms in total. The largest absolute Gasteiger partial charge is 0.341 e. The van der Waals surface area contributed by atoms with Crippen molar-refractivity contribution in [2.45, 2.75) is 33.1 Å². The monoisotopic (exact) mass is 209 g/mol. The Kier molecular flexibility index (Phi) is 4.87. The Morgan fingerprint density at radius 3 is 2.53 bits per heavy atom. The van der Waals surface area contributed by atoms with E-state index in [4.69, 9.17) is 0 Å². The van der Waals surface area contributed by atoms with Crippen molar-refractivity contribution in [1.29, 1.82) is 0 Å². The predicted molar refractivity (Wildman–Crippen MR) is 59.7 cm³/mol. The number of H-pyrrole nitrogens is 1. The van der Waals surface area contributed by atoms with Crippen LogP contribution < -0.4 is 0 Å². The number of nitrogens with zero attached hydrogens (tertiary/aromatic N) is 2. The molecule has 1 aliphatic rings. The lowest BCUT2D eigenvalue weighted by Gasteiger charge is -2.25. The van der Waals surface area contributed by atoms with Gasteiger partial charge in [-0.2, -0.15) is 0 Å². The Labute approximate surface area is 90.7 Å². The van der Waals surface area contributed by atoms with E-state index in [-0.39, 0.29) is 5.91 Å². The van der Waals surface area contributed by atoms with E-state index in [1.165, 1.54) is 12.7 Å². The van der Waals surface area contributed by atoms with Crippen LogP contribution in [0.25, 0.3) is 0 Å². The minimum Gasteiger partial charge on any atom is -0.341 e. The third kappa shape index (κ3) is 3.08. The van der Waals surface area contributed by atoms with Gasteiger partial charge in [0.15, 0.2) is 0 Å². The molecule has 1 N–H and O–H groups in total. The van der Waals surface area contributed by atoms with E-state index >= 15 is 0 Å². The van der Waals surface area contributed by atoms with Crippen LogP contribution in [0.1, 0.15) is 43.6 Å². The van der Waals surface area contributed by atoms with Crippen molar-refractivity contribution in [2.75, 3.05) is 13.1 Å². The third-order valence-corrected chi connectivity index (χ3v) is 2.37. The highest BCUT2D eigenvalue weighted by atomic mass is 16.2. The zero-order valence-electron chi connectivity index (χ0n) is 9.49. The van der Waals surface area contributed by atoms with Crippen LogP contribution in [-0.4, -0.2) is 33.9 Å². The number of piperidine rings is 1. The molecule has 0 atom stereocenters. The van der Waals surface area contributed by atoms with Gasteiger partial charge in [0.2, 0.25) is 0 Å². The van der Waals surface area contributed by atoms with Crippen molar-refractivity contribution < 1.29 is 4.79 Å². The number of carbonyl (C=O) groups is 1. The Balaban J connectivity index is 0.000000531. The van der Waals surface area contributed by atoms with Crippen LogP contribution in [0.4, 0.5) is 0 Å². The molecule has 0 saturated carbocycles. The molecule has 84 valence electrons.